The van der Waals surface area contributed by atoms with Crippen LogP contribution in [0.15, 0.2) is 48.5 Å². The number of amides is 2. The van der Waals surface area contributed by atoms with Crippen LogP contribution < -0.4 is 15.6 Å². The van der Waals surface area contributed by atoms with Crippen molar-refractivity contribution in [1.29, 1.82) is 0 Å². The molecule has 8 heteroatoms. The first kappa shape index (κ1) is 16.0. The molecule has 0 aliphatic heterocycles. The Bertz CT molecular complexity index is 726. The van der Waals surface area contributed by atoms with Crippen LogP contribution in [0.4, 0.5) is 5.69 Å². The van der Waals surface area contributed by atoms with E-state index in [0.717, 1.165) is 0 Å². The van der Waals surface area contributed by atoms with Crippen LogP contribution in [-0.4, -0.2) is 23.8 Å². The first-order chi connectivity index (χ1) is 11.0. The van der Waals surface area contributed by atoms with Gasteiger partial charge in [0.2, 0.25) is 0 Å². The van der Waals surface area contributed by atoms with Crippen LogP contribution in [0.3, 0.4) is 0 Å². The third-order valence-electron chi connectivity index (χ3n) is 2.98. The number of hydrogen-bond acceptors (Lipinski definition) is 5. The van der Waals surface area contributed by atoms with E-state index < -0.39 is 16.7 Å². The Morgan fingerprint density at radius 3 is 1.74 bits per heavy atom. The summed E-state index contributed by atoms with van der Waals surface area (Å²) < 4.78 is 4.98. The molecule has 0 saturated carbocycles. The van der Waals surface area contributed by atoms with Crippen molar-refractivity contribution in [2.24, 2.45) is 0 Å². The molecule has 0 aliphatic carbocycles. The highest BCUT2D eigenvalue weighted by Crippen LogP contribution is 2.12. The quantitative estimate of drug-likeness (QED) is 0.658. The molecular weight excluding hydrogens is 302 g/mol. The molecule has 0 atom stereocenters. The molecule has 0 spiro atoms. The lowest BCUT2D eigenvalue weighted by Gasteiger charge is -2.08. The molecule has 0 saturated heterocycles. The van der Waals surface area contributed by atoms with Crippen molar-refractivity contribution in [3.05, 3.63) is 69.8 Å². The van der Waals surface area contributed by atoms with Crippen LogP contribution in [0.2, 0.25) is 0 Å². The Labute approximate surface area is 131 Å². The topological polar surface area (TPSA) is 111 Å². The van der Waals surface area contributed by atoms with Crippen molar-refractivity contribution in [2.75, 3.05) is 7.11 Å². The first-order valence-corrected chi connectivity index (χ1v) is 6.50. The molecule has 0 unspecified atom stereocenters. The van der Waals surface area contributed by atoms with Crippen LogP contribution in [0.5, 0.6) is 5.75 Å². The minimum absolute atomic E-state index is 0.121. The van der Waals surface area contributed by atoms with E-state index in [4.69, 9.17) is 4.74 Å². The van der Waals surface area contributed by atoms with E-state index in [9.17, 15) is 19.7 Å². The normalized spacial score (nSPS) is 9.78. The molecule has 0 aliphatic rings. The number of nitro benzene ring substituents is 1. The van der Waals surface area contributed by atoms with Gasteiger partial charge in [0.25, 0.3) is 17.5 Å². The maximum Gasteiger partial charge on any atom is 0.269 e. The smallest absolute Gasteiger partial charge is 0.269 e. The summed E-state index contributed by atoms with van der Waals surface area (Å²) in [7, 11) is 1.51. The number of hydrogen-bond donors (Lipinski definition) is 2. The third kappa shape index (κ3) is 4.03. The summed E-state index contributed by atoms with van der Waals surface area (Å²) in [5.74, 6) is -0.471. The molecule has 2 N–H and O–H groups in total. The summed E-state index contributed by atoms with van der Waals surface area (Å²) in [4.78, 5) is 33.7. The Morgan fingerprint density at radius 2 is 1.35 bits per heavy atom. The first-order valence-electron chi connectivity index (χ1n) is 6.50. The van der Waals surface area contributed by atoms with Crippen LogP contribution in [0.1, 0.15) is 20.7 Å². The Kier molecular flexibility index (Phi) is 4.88. The zero-order valence-electron chi connectivity index (χ0n) is 12.1. The van der Waals surface area contributed by atoms with E-state index in [1.807, 2.05) is 0 Å². The van der Waals surface area contributed by atoms with Gasteiger partial charge in [0.05, 0.1) is 12.0 Å². The number of nitro groups is 1. The summed E-state index contributed by atoms with van der Waals surface area (Å²) in [6.07, 6.45) is 0. The zero-order valence-corrected chi connectivity index (χ0v) is 12.1. The number of ether oxygens (including phenoxy) is 1. The summed E-state index contributed by atoms with van der Waals surface area (Å²) in [6.45, 7) is 0. The SMILES string of the molecule is COc1ccc(C(=O)NNC(=O)c2ccc([N+](=O)[O-])cc2)cc1. The van der Waals surface area contributed by atoms with Gasteiger partial charge in [-0.05, 0) is 36.4 Å². The van der Waals surface area contributed by atoms with Gasteiger partial charge in [-0.2, -0.15) is 0 Å². The number of hydrazine groups is 1. The minimum atomic E-state index is -0.582. The van der Waals surface area contributed by atoms with Gasteiger partial charge in [0.1, 0.15) is 5.75 Å². The van der Waals surface area contributed by atoms with Gasteiger partial charge in [0.15, 0.2) is 0 Å². The Balaban J connectivity index is 1.94. The fourth-order valence-electron chi connectivity index (χ4n) is 1.73. The van der Waals surface area contributed by atoms with Crippen LogP contribution in [-0.2, 0) is 0 Å². The average Bonchev–Trinajstić information content (AvgIpc) is 2.59. The number of methoxy groups -OCH3 is 1. The maximum atomic E-state index is 11.9. The highest BCUT2D eigenvalue weighted by molar-refractivity contribution is 5.99. The summed E-state index contributed by atoms with van der Waals surface area (Å²) in [5.41, 5.74) is 4.90. The lowest BCUT2D eigenvalue weighted by molar-refractivity contribution is -0.384. The molecule has 0 fully saturated rings. The van der Waals surface area contributed by atoms with Crippen LogP contribution in [0.25, 0.3) is 0 Å². The number of nitrogens with one attached hydrogen (secondary N) is 2. The molecule has 118 valence electrons. The summed E-state index contributed by atoms with van der Waals surface area (Å²) >= 11 is 0. The number of rotatable bonds is 4. The number of carbonyl (C=O) groups is 2. The number of carbonyl (C=O) groups excluding carboxylic acids is 2. The molecule has 2 rings (SSSR count). The van der Waals surface area contributed by atoms with Crippen molar-refractivity contribution >= 4 is 17.5 Å². The van der Waals surface area contributed by atoms with Gasteiger partial charge < -0.3 is 4.74 Å². The zero-order chi connectivity index (χ0) is 16.8. The summed E-state index contributed by atoms with van der Waals surface area (Å²) in [6, 6.07) is 11.3. The fraction of sp³-hybridized carbons (Fsp3) is 0.0667. The highest BCUT2D eigenvalue weighted by Gasteiger charge is 2.11. The van der Waals surface area contributed by atoms with E-state index in [-0.39, 0.29) is 11.3 Å². The molecule has 0 radical (unpaired) electrons. The molecule has 2 aromatic rings. The predicted octanol–water partition coefficient (Wildman–Crippen LogP) is 1.68. The molecular formula is C15H13N3O5. The predicted molar refractivity (Wildman–Crippen MR) is 81.0 cm³/mol. The van der Waals surface area contributed by atoms with Gasteiger partial charge in [0, 0.05) is 23.3 Å². The van der Waals surface area contributed by atoms with Crippen LogP contribution >= 0.6 is 0 Å². The van der Waals surface area contributed by atoms with Gasteiger partial charge in [-0.3, -0.25) is 30.6 Å². The number of non-ortho nitro benzene ring substituents is 1. The van der Waals surface area contributed by atoms with Gasteiger partial charge in [-0.15, -0.1) is 0 Å². The molecule has 0 aromatic heterocycles. The van der Waals surface area contributed by atoms with E-state index >= 15 is 0 Å². The molecule has 2 aromatic carbocycles. The van der Waals surface area contributed by atoms with Crippen LogP contribution in [0, 0.1) is 10.1 Å². The number of benzene rings is 2. The van der Waals surface area contributed by atoms with Gasteiger partial charge in [-0.1, -0.05) is 0 Å². The highest BCUT2D eigenvalue weighted by atomic mass is 16.6. The standard InChI is InChI=1S/C15H13N3O5/c1-23-13-8-4-11(5-9-13)15(20)17-16-14(19)10-2-6-12(7-3-10)18(21)22/h2-9H,1H3,(H,16,19)(H,17,20). The lowest BCUT2D eigenvalue weighted by atomic mass is 10.2. The fourth-order valence-corrected chi connectivity index (χ4v) is 1.73. The molecule has 8 nitrogen and oxygen atoms in total. The second kappa shape index (κ2) is 7.03. The summed E-state index contributed by atoms with van der Waals surface area (Å²) in [5, 5.41) is 10.5. The van der Waals surface area contributed by atoms with E-state index in [0.29, 0.717) is 11.3 Å². The average molecular weight is 315 g/mol. The molecule has 2 amide bonds. The van der Waals surface area contributed by atoms with E-state index in [2.05, 4.69) is 10.9 Å². The molecule has 0 bridgehead atoms. The van der Waals surface area contributed by atoms with Crippen molar-refractivity contribution in [1.82, 2.24) is 10.9 Å². The minimum Gasteiger partial charge on any atom is -0.497 e. The van der Waals surface area contributed by atoms with Crippen molar-refractivity contribution in [3.63, 3.8) is 0 Å². The van der Waals surface area contributed by atoms with Crippen molar-refractivity contribution in [3.8, 4) is 5.75 Å². The van der Waals surface area contributed by atoms with Gasteiger partial charge in [-0.25, -0.2) is 0 Å². The van der Waals surface area contributed by atoms with Crippen molar-refractivity contribution in [2.45, 2.75) is 0 Å². The number of nitrogens with zero attached hydrogens (tertiary/aromatic N) is 1. The Hall–Kier alpha value is -3.42. The molecule has 23 heavy (non-hydrogen) atoms. The monoisotopic (exact) mass is 315 g/mol. The third-order valence-corrected chi connectivity index (χ3v) is 2.98. The van der Waals surface area contributed by atoms with E-state index in [1.54, 1.807) is 24.3 Å². The second-order valence-corrected chi connectivity index (χ2v) is 4.44. The second-order valence-electron chi connectivity index (χ2n) is 4.44. The molecule has 0 heterocycles. The van der Waals surface area contributed by atoms with E-state index in [1.165, 1.54) is 31.4 Å². The van der Waals surface area contributed by atoms with Crippen molar-refractivity contribution < 1.29 is 19.2 Å². The maximum absolute atomic E-state index is 11.9. The largest absolute Gasteiger partial charge is 0.497 e. The van der Waals surface area contributed by atoms with Gasteiger partial charge >= 0.3 is 0 Å². The lowest BCUT2D eigenvalue weighted by Crippen LogP contribution is -2.41. The Morgan fingerprint density at radius 1 is 0.913 bits per heavy atom.